The number of allylic oxidation sites excluding steroid dienone is 6. The van der Waals surface area contributed by atoms with Gasteiger partial charge in [0.25, 0.3) is 0 Å². The van der Waals surface area contributed by atoms with Gasteiger partial charge >= 0.3 is 0 Å². The molecule has 1 saturated heterocycles. The summed E-state index contributed by atoms with van der Waals surface area (Å²) in [6.45, 7) is 2.03. The third kappa shape index (κ3) is 3.34. The minimum absolute atomic E-state index is 0.0695. The van der Waals surface area contributed by atoms with Crippen LogP contribution < -0.4 is 0 Å². The molecule has 4 aliphatic rings. The average Bonchev–Trinajstić information content (AvgIpc) is 3.46. The lowest BCUT2D eigenvalue weighted by atomic mass is 9.59. The number of aromatic hydroxyl groups is 1. The molecule has 6 rings (SSSR count). The van der Waals surface area contributed by atoms with Crippen molar-refractivity contribution < 1.29 is 24.3 Å². The molecule has 2 heterocycles. The highest BCUT2D eigenvalue weighted by Crippen LogP contribution is 2.56. The van der Waals surface area contributed by atoms with E-state index in [1.165, 1.54) is 22.3 Å². The Hall–Kier alpha value is -3.10. The van der Waals surface area contributed by atoms with E-state index in [9.17, 15) is 24.3 Å². The van der Waals surface area contributed by atoms with E-state index < -0.39 is 23.7 Å². The fourth-order valence-electron chi connectivity index (χ4n) is 6.26. The number of hydrogen-bond acceptors (Lipinski definition) is 6. The topological polar surface area (TPSA) is 91.8 Å². The fraction of sp³-hybridized carbons (Fsp3) is 0.286. The number of Topliss-reactive ketones (excluding diaryl/α,β-unsaturated/α-hetero) is 1. The van der Waals surface area contributed by atoms with Crippen LogP contribution in [0.2, 0.25) is 0 Å². The first-order valence-corrected chi connectivity index (χ1v) is 13.5. The lowest BCUT2D eigenvalue weighted by molar-refractivity contribution is -0.140. The molecular weight excluding hydrogens is 542 g/mol. The molecule has 1 aromatic carbocycles. The van der Waals surface area contributed by atoms with Gasteiger partial charge in [-0.05, 0) is 58.6 Å². The lowest BCUT2D eigenvalue weighted by Gasteiger charge is -2.42. The average molecular weight is 564 g/mol. The van der Waals surface area contributed by atoms with Gasteiger partial charge < -0.3 is 5.11 Å². The molecule has 2 aromatic rings. The molecule has 182 valence electrons. The molecule has 0 unspecified atom stereocenters. The van der Waals surface area contributed by atoms with Crippen LogP contribution >= 0.6 is 27.3 Å². The van der Waals surface area contributed by atoms with Crippen LogP contribution in [0.3, 0.4) is 0 Å². The maximum absolute atomic E-state index is 13.7. The van der Waals surface area contributed by atoms with Crippen molar-refractivity contribution in [1.29, 1.82) is 0 Å². The largest absolute Gasteiger partial charge is 0.507 e. The van der Waals surface area contributed by atoms with Gasteiger partial charge in [-0.15, -0.1) is 11.3 Å². The highest BCUT2D eigenvalue weighted by molar-refractivity contribution is 9.12. The number of likely N-dealkylation sites (tertiary alicyclic amines) is 1. The molecular formula is C28H22BrNO5S. The van der Waals surface area contributed by atoms with Crippen molar-refractivity contribution in [3.63, 3.8) is 0 Å². The van der Waals surface area contributed by atoms with Gasteiger partial charge in [-0.2, -0.15) is 0 Å². The molecule has 1 aromatic heterocycles. The van der Waals surface area contributed by atoms with Gasteiger partial charge in [0, 0.05) is 33.6 Å². The van der Waals surface area contributed by atoms with Crippen molar-refractivity contribution in [2.75, 3.05) is 0 Å². The van der Waals surface area contributed by atoms with Crippen LogP contribution in [0.1, 0.15) is 34.8 Å². The maximum Gasteiger partial charge on any atom is 0.234 e. The standard InChI is InChI=1S/C28H22BrNO5S/c1-13-4-2-6-16(25(13)32)22-15-7-8-17-23(28(35)30(27(17)34)12-14-5-3-9-36-14)18(15)10-19-24(22)21(31)11-20(29)26(19)33/h2-7,9,11,17-18,22-23,32H,8,10,12H2,1H3/t17-,18+,22+,23-/m0/s1. The van der Waals surface area contributed by atoms with Crippen molar-refractivity contribution in [2.45, 2.75) is 32.2 Å². The predicted molar refractivity (Wildman–Crippen MR) is 137 cm³/mol. The molecule has 8 heteroatoms. The molecule has 3 aliphatic carbocycles. The highest BCUT2D eigenvalue weighted by atomic mass is 79.9. The quantitative estimate of drug-likeness (QED) is 0.331. The molecule has 2 amide bonds. The minimum Gasteiger partial charge on any atom is -0.507 e. The van der Waals surface area contributed by atoms with E-state index in [4.69, 9.17) is 0 Å². The summed E-state index contributed by atoms with van der Waals surface area (Å²) in [4.78, 5) is 55.9. The van der Waals surface area contributed by atoms with Gasteiger partial charge in [0.1, 0.15) is 5.75 Å². The van der Waals surface area contributed by atoms with Crippen molar-refractivity contribution in [3.05, 3.63) is 85.1 Å². The van der Waals surface area contributed by atoms with Crippen LogP contribution in [0.25, 0.3) is 0 Å². The molecule has 0 spiro atoms. The summed E-state index contributed by atoms with van der Waals surface area (Å²) in [5.41, 5.74) is 2.75. The second kappa shape index (κ2) is 8.49. The van der Waals surface area contributed by atoms with Gasteiger partial charge in [0.15, 0.2) is 11.6 Å². The number of phenols is 1. The SMILES string of the molecule is Cc1cccc([C@H]2C3=CC[C@@H]4C(=O)N(Cc5cccs5)C(=O)[C@@H]4[C@@H]3CC3=C2C(=O)C=C(Br)C3=O)c1O. The van der Waals surface area contributed by atoms with Crippen LogP contribution in [-0.2, 0) is 25.7 Å². The second-order valence-corrected chi connectivity index (χ2v) is 11.6. The summed E-state index contributed by atoms with van der Waals surface area (Å²) < 4.78 is 0.186. The van der Waals surface area contributed by atoms with Crippen molar-refractivity contribution in [1.82, 2.24) is 4.90 Å². The summed E-state index contributed by atoms with van der Waals surface area (Å²) >= 11 is 4.73. The van der Waals surface area contributed by atoms with E-state index in [2.05, 4.69) is 15.9 Å². The van der Waals surface area contributed by atoms with Gasteiger partial charge in [0.2, 0.25) is 11.8 Å². The van der Waals surface area contributed by atoms with E-state index in [1.54, 1.807) is 19.1 Å². The van der Waals surface area contributed by atoms with Gasteiger partial charge in [-0.25, -0.2) is 0 Å². The molecule has 0 radical (unpaired) electrons. The summed E-state index contributed by atoms with van der Waals surface area (Å²) in [7, 11) is 0. The van der Waals surface area contributed by atoms with Crippen molar-refractivity contribution >= 4 is 50.6 Å². The predicted octanol–water partition coefficient (Wildman–Crippen LogP) is 4.72. The van der Waals surface area contributed by atoms with E-state index in [0.717, 1.165) is 10.5 Å². The Morgan fingerprint density at radius 2 is 1.89 bits per heavy atom. The van der Waals surface area contributed by atoms with Gasteiger partial charge in [-0.1, -0.05) is 35.9 Å². The smallest absolute Gasteiger partial charge is 0.234 e. The Bertz CT molecular complexity index is 1450. The van der Waals surface area contributed by atoms with Crippen molar-refractivity contribution in [3.8, 4) is 5.75 Å². The Labute approximate surface area is 220 Å². The second-order valence-electron chi connectivity index (χ2n) is 9.75. The Balaban J connectivity index is 1.48. The van der Waals surface area contributed by atoms with E-state index in [-0.39, 0.29) is 46.6 Å². The molecule has 1 fully saturated rings. The highest BCUT2D eigenvalue weighted by Gasteiger charge is 2.56. The van der Waals surface area contributed by atoms with Crippen LogP contribution in [0.5, 0.6) is 5.75 Å². The third-order valence-corrected chi connectivity index (χ3v) is 9.35. The Morgan fingerprint density at radius 1 is 1.08 bits per heavy atom. The number of phenolic OH excluding ortho intramolecular Hbond substituents is 1. The molecule has 1 aliphatic heterocycles. The zero-order valence-corrected chi connectivity index (χ0v) is 21.8. The normalized spacial score (nSPS) is 27.6. The first-order valence-electron chi connectivity index (χ1n) is 11.8. The summed E-state index contributed by atoms with van der Waals surface area (Å²) in [6, 6.07) is 9.16. The number of imide groups is 1. The van der Waals surface area contributed by atoms with Crippen LogP contribution in [0.15, 0.2) is 69.1 Å². The lowest BCUT2D eigenvalue weighted by Crippen LogP contribution is -2.39. The Morgan fingerprint density at radius 3 is 2.64 bits per heavy atom. The first-order chi connectivity index (χ1) is 17.3. The molecule has 36 heavy (non-hydrogen) atoms. The first kappa shape index (κ1) is 23.3. The van der Waals surface area contributed by atoms with Gasteiger partial charge in [-0.3, -0.25) is 24.1 Å². The molecule has 0 bridgehead atoms. The number of ketones is 2. The number of carbonyl (C=O) groups is 4. The summed E-state index contributed by atoms with van der Waals surface area (Å²) in [5.74, 6) is -3.06. The molecule has 0 saturated carbocycles. The molecule has 4 atom stereocenters. The Kier molecular flexibility index (Phi) is 5.50. The zero-order chi connectivity index (χ0) is 25.3. The number of halogens is 1. The number of fused-ring (bicyclic) bond motifs is 3. The molecule has 6 nitrogen and oxygen atoms in total. The number of thiophene rings is 1. The number of amides is 2. The summed E-state index contributed by atoms with van der Waals surface area (Å²) in [5, 5.41) is 12.9. The van der Waals surface area contributed by atoms with Gasteiger partial charge in [0.05, 0.1) is 22.9 Å². The number of hydrogen-bond donors (Lipinski definition) is 1. The maximum atomic E-state index is 13.7. The van der Waals surface area contributed by atoms with Crippen LogP contribution in [-0.4, -0.2) is 33.4 Å². The van der Waals surface area contributed by atoms with E-state index >= 15 is 0 Å². The number of para-hydroxylation sites is 1. The molecule has 1 N–H and O–H groups in total. The monoisotopic (exact) mass is 563 g/mol. The number of aryl methyl sites for hydroxylation is 1. The zero-order valence-electron chi connectivity index (χ0n) is 19.4. The number of nitrogens with zero attached hydrogens (tertiary/aromatic N) is 1. The van der Waals surface area contributed by atoms with Crippen molar-refractivity contribution in [2.24, 2.45) is 17.8 Å². The number of rotatable bonds is 3. The summed E-state index contributed by atoms with van der Waals surface area (Å²) in [6.07, 6.45) is 3.85. The van der Waals surface area contributed by atoms with Crippen LogP contribution in [0.4, 0.5) is 0 Å². The van der Waals surface area contributed by atoms with E-state index in [0.29, 0.717) is 28.7 Å². The number of carbonyl (C=O) groups excluding carboxylic acids is 4. The third-order valence-electron chi connectivity index (χ3n) is 7.90. The van der Waals surface area contributed by atoms with E-state index in [1.807, 2.05) is 29.7 Å². The fourth-order valence-corrected chi connectivity index (χ4v) is 7.40. The minimum atomic E-state index is -0.651. The number of benzene rings is 1. The van der Waals surface area contributed by atoms with Crippen LogP contribution in [0, 0.1) is 24.7 Å².